The molecule has 4 bridgehead atoms. The van der Waals surface area contributed by atoms with Crippen molar-refractivity contribution in [2.45, 2.75) is 76.7 Å². The molecule has 58 heavy (non-hydrogen) atoms. The third-order valence-corrected chi connectivity index (χ3v) is 14.3. The van der Waals surface area contributed by atoms with Crippen molar-refractivity contribution < 1.29 is 18.9 Å². The SMILES string of the molecule is CC[C@H]1CN2CCC1CC2[C@@H](Oc1nnc(O[C@@H](c2ccnc3ccc(OC)cc23)C2CC3CCN2C[C@@H]3CC)c2ccccc12)c1ccnc2ccc(OC)cc12. The molecule has 6 unspecified atom stereocenters. The summed E-state index contributed by atoms with van der Waals surface area (Å²) >= 11 is 0. The summed E-state index contributed by atoms with van der Waals surface area (Å²) in [5, 5.41) is 13.7. The van der Waals surface area contributed by atoms with E-state index in [-0.39, 0.29) is 24.3 Å². The average Bonchev–Trinajstić information content (AvgIpc) is 3.29. The zero-order valence-corrected chi connectivity index (χ0v) is 34.1. The summed E-state index contributed by atoms with van der Waals surface area (Å²) in [6.07, 6.45) is 10.2. The summed E-state index contributed by atoms with van der Waals surface area (Å²) in [7, 11) is 3.42. The van der Waals surface area contributed by atoms with E-state index in [1.807, 2.05) is 36.7 Å². The van der Waals surface area contributed by atoms with Gasteiger partial charge in [-0.1, -0.05) is 38.8 Å². The third-order valence-electron chi connectivity index (χ3n) is 14.3. The maximum absolute atomic E-state index is 7.30. The molecule has 10 atom stereocenters. The number of rotatable bonds is 12. The molecule has 300 valence electrons. The molecule has 6 fully saturated rings. The van der Waals surface area contributed by atoms with Gasteiger partial charge in [-0.15, -0.1) is 10.2 Å². The van der Waals surface area contributed by atoms with Crippen molar-refractivity contribution in [3.8, 4) is 23.3 Å². The van der Waals surface area contributed by atoms with E-state index in [1.165, 1.54) is 25.7 Å². The van der Waals surface area contributed by atoms with Gasteiger partial charge in [0, 0.05) is 47.4 Å². The van der Waals surface area contributed by atoms with E-state index in [0.717, 1.165) is 94.2 Å². The molecule has 9 heterocycles. The Bertz CT molecular complexity index is 2280. The molecule has 0 aliphatic carbocycles. The zero-order valence-electron chi connectivity index (χ0n) is 34.1. The van der Waals surface area contributed by atoms with E-state index < -0.39 is 0 Å². The molecule has 0 saturated carbocycles. The van der Waals surface area contributed by atoms with Crippen molar-refractivity contribution in [1.82, 2.24) is 30.0 Å². The van der Waals surface area contributed by atoms with Crippen molar-refractivity contribution >= 4 is 32.6 Å². The lowest BCUT2D eigenvalue weighted by Gasteiger charge is -2.52. The van der Waals surface area contributed by atoms with Crippen LogP contribution in [0.3, 0.4) is 0 Å². The van der Waals surface area contributed by atoms with Gasteiger partial charge >= 0.3 is 0 Å². The summed E-state index contributed by atoms with van der Waals surface area (Å²) < 4.78 is 26.0. The quantitative estimate of drug-likeness (QED) is 0.120. The van der Waals surface area contributed by atoms with Crippen LogP contribution in [0.2, 0.25) is 0 Å². The van der Waals surface area contributed by atoms with Gasteiger partial charge in [-0.2, -0.15) is 0 Å². The number of aromatic nitrogens is 4. The molecular weight excluding hydrogens is 725 g/mol. The highest BCUT2D eigenvalue weighted by atomic mass is 16.5. The standard InChI is InChI=1S/C48H54N6O4/c1-5-29-27-53-21-17-31(29)23-43(53)45(35-15-19-49-41-13-11-33(55-3)25-39(35)41)57-47-37-9-7-8-10-38(37)48(52-51-47)58-46(44-24-32-18-22-54(44)28-30(32)6-2)36-16-20-50-42-14-12-34(56-4)26-40(36)42/h7-16,19-20,25-26,29-32,43-46H,5-6,17-18,21-24,27-28H2,1-4H3/t29-,30-,31?,32?,43?,44?,45-,46-/m0/s1. The van der Waals surface area contributed by atoms with Crippen molar-refractivity contribution in [2.75, 3.05) is 40.4 Å². The van der Waals surface area contributed by atoms with E-state index in [0.29, 0.717) is 35.4 Å². The fourth-order valence-electron chi connectivity index (χ4n) is 11.1. The fourth-order valence-corrected chi connectivity index (χ4v) is 11.1. The van der Waals surface area contributed by atoms with E-state index in [4.69, 9.17) is 39.1 Å². The molecule has 10 nitrogen and oxygen atoms in total. The van der Waals surface area contributed by atoms with Crippen LogP contribution in [0.4, 0.5) is 0 Å². The lowest BCUT2D eigenvalue weighted by Crippen LogP contribution is -2.56. The van der Waals surface area contributed by atoms with Gasteiger partial charge in [0.25, 0.3) is 0 Å². The Morgan fingerprint density at radius 1 is 0.603 bits per heavy atom. The Hall–Kier alpha value is -5.06. The second-order valence-corrected chi connectivity index (χ2v) is 17.0. The highest BCUT2D eigenvalue weighted by Gasteiger charge is 2.46. The van der Waals surface area contributed by atoms with Gasteiger partial charge in [0.05, 0.1) is 48.1 Å². The summed E-state index contributed by atoms with van der Waals surface area (Å²) in [5.74, 6) is 5.39. The number of methoxy groups -OCH3 is 2. The number of piperidine rings is 6. The van der Waals surface area contributed by atoms with Crippen LogP contribution < -0.4 is 18.9 Å². The smallest absolute Gasteiger partial charge is 0.242 e. The molecule has 0 spiro atoms. The van der Waals surface area contributed by atoms with Crippen LogP contribution in [0.1, 0.15) is 75.7 Å². The zero-order chi connectivity index (χ0) is 39.3. The van der Waals surface area contributed by atoms with Gasteiger partial charge in [-0.3, -0.25) is 19.8 Å². The minimum absolute atomic E-state index is 0.180. The number of fused-ring (bicyclic) bond motifs is 9. The first-order valence-electron chi connectivity index (χ1n) is 21.5. The van der Waals surface area contributed by atoms with E-state index in [9.17, 15) is 0 Å². The molecule has 0 N–H and O–H groups in total. The summed E-state index contributed by atoms with van der Waals surface area (Å²) in [6, 6.07) is 25.1. The Kier molecular flexibility index (Phi) is 10.0. The number of pyridine rings is 2. The monoisotopic (exact) mass is 778 g/mol. The number of ether oxygens (including phenoxy) is 4. The molecule has 10 heteroatoms. The maximum Gasteiger partial charge on any atom is 0.242 e. The minimum atomic E-state index is -0.300. The molecule has 3 aromatic carbocycles. The summed E-state index contributed by atoms with van der Waals surface area (Å²) in [4.78, 5) is 14.8. The first kappa shape index (κ1) is 37.2. The number of nitrogens with zero attached hydrogens (tertiary/aromatic N) is 6. The van der Waals surface area contributed by atoms with Crippen LogP contribution in [-0.4, -0.2) is 82.4 Å². The molecule has 6 aliphatic heterocycles. The van der Waals surface area contributed by atoms with Gasteiger partial charge in [-0.05, 0) is 123 Å². The molecule has 6 saturated heterocycles. The molecule has 6 aliphatic rings. The molecular formula is C48H54N6O4. The second kappa shape index (κ2) is 15.6. The summed E-state index contributed by atoms with van der Waals surface area (Å²) in [6.45, 7) is 9.00. The minimum Gasteiger partial charge on any atom is -0.497 e. The molecule has 0 radical (unpaired) electrons. The van der Waals surface area contributed by atoms with Crippen LogP contribution in [0.15, 0.2) is 85.2 Å². The van der Waals surface area contributed by atoms with Crippen molar-refractivity contribution in [1.29, 1.82) is 0 Å². The van der Waals surface area contributed by atoms with Gasteiger partial charge < -0.3 is 18.9 Å². The lowest BCUT2D eigenvalue weighted by molar-refractivity contribution is -0.0505. The number of benzene rings is 3. The van der Waals surface area contributed by atoms with Crippen molar-refractivity contribution in [3.63, 3.8) is 0 Å². The van der Waals surface area contributed by atoms with Gasteiger partial charge in [0.15, 0.2) is 0 Å². The van der Waals surface area contributed by atoms with Crippen molar-refractivity contribution in [3.05, 3.63) is 96.3 Å². The second-order valence-electron chi connectivity index (χ2n) is 17.0. The first-order valence-corrected chi connectivity index (χ1v) is 21.5. The Morgan fingerprint density at radius 3 is 1.47 bits per heavy atom. The highest BCUT2D eigenvalue weighted by molar-refractivity contribution is 5.91. The molecule has 0 amide bonds. The van der Waals surface area contributed by atoms with Crippen LogP contribution in [0.5, 0.6) is 23.3 Å². The van der Waals surface area contributed by atoms with Gasteiger partial charge in [-0.25, -0.2) is 0 Å². The van der Waals surface area contributed by atoms with Crippen molar-refractivity contribution in [2.24, 2.45) is 23.7 Å². The Balaban J connectivity index is 1.06. The Morgan fingerprint density at radius 2 is 1.07 bits per heavy atom. The fraction of sp³-hybridized carbons (Fsp3) is 0.458. The van der Waals surface area contributed by atoms with E-state index in [1.54, 1.807) is 14.2 Å². The predicted molar refractivity (Wildman–Crippen MR) is 227 cm³/mol. The number of hydrogen-bond acceptors (Lipinski definition) is 10. The van der Waals surface area contributed by atoms with Crippen LogP contribution >= 0.6 is 0 Å². The normalized spacial score (nSPS) is 27.4. The third kappa shape index (κ3) is 6.58. The van der Waals surface area contributed by atoms with Crippen LogP contribution in [-0.2, 0) is 0 Å². The maximum atomic E-state index is 7.30. The highest BCUT2D eigenvalue weighted by Crippen LogP contribution is 2.47. The predicted octanol–water partition coefficient (Wildman–Crippen LogP) is 9.22. The van der Waals surface area contributed by atoms with E-state index >= 15 is 0 Å². The van der Waals surface area contributed by atoms with Gasteiger partial charge in [0.2, 0.25) is 11.8 Å². The van der Waals surface area contributed by atoms with Crippen LogP contribution in [0, 0.1) is 23.7 Å². The topological polar surface area (TPSA) is 95.0 Å². The van der Waals surface area contributed by atoms with Gasteiger partial charge in [0.1, 0.15) is 23.7 Å². The molecule has 6 aromatic rings. The van der Waals surface area contributed by atoms with Crippen LogP contribution in [0.25, 0.3) is 32.6 Å². The molecule has 3 aromatic heterocycles. The average molecular weight is 779 g/mol. The first-order chi connectivity index (χ1) is 28.5. The molecule has 12 rings (SSSR count). The Labute approximate surface area is 340 Å². The summed E-state index contributed by atoms with van der Waals surface area (Å²) in [5.41, 5.74) is 4.01. The largest absolute Gasteiger partial charge is 0.497 e. The lowest BCUT2D eigenvalue weighted by atomic mass is 9.72. The van der Waals surface area contributed by atoms with E-state index in [2.05, 4.69) is 72.2 Å². The number of hydrogen-bond donors (Lipinski definition) is 0.